The molecule has 0 aliphatic carbocycles. The lowest BCUT2D eigenvalue weighted by Gasteiger charge is -2.31. The van der Waals surface area contributed by atoms with E-state index in [1.807, 2.05) is 0 Å². The maximum absolute atomic E-state index is 13.4. The molecule has 3 amide bonds. The van der Waals surface area contributed by atoms with Crippen LogP contribution in [-0.2, 0) is 4.79 Å². The fraction of sp³-hybridized carbons (Fsp3) is 0.308. The van der Waals surface area contributed by atoms with Gasteiger partial charge in [-0.3, -0.25) is 14.6 Å². The average Bonchev–Trinajstić information content (AvgIpc) is 3.36. The largest absolute Gasteiger partial charge is 0.415 e. The molecule has 2 aliphatic rings. The SMILES string of the molecule is C=CC(=O)N1CC=CN(n2nc(C(=O)Nc3ccc(OC(=O)N4CCCCC4)cc3C)c3c(N)ncnc32)C1. The summed E-state index contributed by atoms with van der Waals surface area (Å²) in [5, 5.41) is 9.25. The molecule has 4 heterocycles. The van der Waals surface area contributed by atoms with E-state index in [0.29, 0.717) is 42.3 Å². The quantitative estimate of drug-likeness (QED) is 0.473. The number of piperidine rings is 1. The van der Waals surface area contributed by atoms with Crippen LogP contribution in [0.2, 0.25) is 0 Å². The molecule has 0 bridgehead atoms. The Balaban J connectivity index is 1.38. The summed E-state index contributed by atoms with van der Waals surface area (Å²) in [6.07, 6.45) is 8.73. The number of nitrogens with two attached hydrogens (primary N) is 1. The Hall–Kier alpha value is -4.94. The van der Waals surface area contributed by atoms with Crippen molar-refractivity contribution in [3.05, 3.63) is 60.7 Å². The number of likely N-dealkylation sites (tertiary alicyclic amines) is 1. The number of hydrogen-bond acceptors (Lipinski definition) is 9. The number of nitrogen functional groups attached to an aromatic ring is 1. The molecule has 2 aromatic heterocycles. The summed E-state index contributed by atoms with van der Waals surface area (Å²) in [5.41, 5.74) is 7.66. The van der Waals surface area contributed by atoms with Gasteiger partial charge in [0.25, 0.3) is 5.91 Å². The Morgan fingerprint density at radius 1 is 1.13 bits per heavy atom. The van der Waals surface area contributed by atoms with Crippen LogP contribution in [0.4, 0.5) is 16.3 Å². The standard InChI is InChI=1S/C26H29N9O4/c1-3-20(36)33-12-7-13-34(16-33)35-24-21(23(27)28-15-29-24)22(31-35)25(37)30-19-9-8-18(14-17(19)2)39-26(38)32-10-5-4-6-11-32/h3,7-9,13-15H,1,4-6,10-12,16H2,2H3,(H,30,37)(H2,27,28,29). The number of ether oxygens (including phenoxy) is 1. The molecule has 3 N–H and O–H groups in total. The van der Waals surface area contributed by atoms with Crippen LogP contribution in [0.1, 0.15) is 35.3 Å². The number of hydrogen-bond donors (Lipinski definition) is 2. The summed E-state index contributed by atoms with van der Waals surface area (Å²) in [6.45, 7) is 7.29. The normalized spacial score (nSPS) is 15.4. The third-order valence-electron chi connectivity index (χ3n) is 6.61. The van der Waals surface area contributed by atoms with E-state index < -0.39 is 5.91 Å². The Morgan fingerprint density at radius 2 is 1.92 bits per heavy atom. The van der Waals surface area contributed by atoms with Crippen LogP contribution >= 0.6 is 0 Å². The van der Waals surface area contributed by atoms with Gasteiger partial charge < -0.3 is 25.6 Å². The number of rotatable bonds is 5. The molecule has 13 heteroatoms. The minimum absolute atomic E-state index is 0.0173. The first-order valence-electron chi connectivity index (χ1n) is 12.6. The number of nitrogens with one attached hydrogen (secondary N) is 1. The molecule has 3 aromatic rings. The first kappa shape index (κ1) is 25.7. The summed E-state index contributed by atoms with van der Waals surface area (Å²) in [5.74, 6) is -0.285. The van der Waals surface area contributed by atoms with Crippen LogP contribution in [-0.4, -0.2) is 73.9 Å². The van der Waals surface area contributed by atoms with Gasteiger partial charge in [0.05, 0.1) is 5.39 Å². The van der Waals surface area contributed by atoms with Gasteiger partial charge in [-0.1, -0.05) is 6.58 Å². The molecular weight excluding hydrogens is 502 g/mol. The number of benzene rings is 1. The van der Waals surface area contributed by atoms with Gasteiger partial charge in [-0.2, -0.15) is 4.79 Å². The zero-order valence-corrected chi connectivity index (χ0v) is 21.5. The summed E-state index contributed by atoms with van der Waals surface area (Å²) in [4.78, 5) is 51.0. The van der Waals surface area contributed by atoms with Crippen LogP contribution in [0.5, 0.6) is 5.75 Å². The fourth-order valence-electron chi connectivity index (χ4n) is 4.55. The van der Waals surface area contributed by atoms with Crippen LogP contribution in [0, 0.1) is 6.92 Å². The monoisotopic (exact) mass is 531 g/mol. The maximum Gasteiger partial charge on any atom is 0.415 e. The highest BCUT2D eigenvalue weighted by molar-refractivity contribution is 6.13. The maximum atomic E-state index is 13.4. The van der Waals surface area contributed by atoms with E-state index in [-0.39, 0.29) is 35.6 Å². The second-order valence-corrected chi connectivity index (χ2v) is 9.27. The van der Waals surface area contributed by atoms with E-state index in [1.54, 1.807) is 52.2 Å². The number of amides is 3. The summed E-state index contributed by atoms with van der Waals surface area (Å²) in [7, 11) is 0. The zero-order valence-electron chi connectivity index (χ0n) is 21.5. The van der Waals surface area contributed by atoms with Crippen molar-refractivity contribution in [2.75, 3.05) is 42.4 Å². The molecule has 202 valence electrons. The topological polar surface area (TPSA) is 152 Å². The van der Waals surface area contributed by atoms with E-state index >= 15 is 0 Å². The highest BCUT2D eigenvalue weighted by Gasteiger charge is 2.26. The van der Waals surface area contributed by atoms with Gasteiger partial charge in [-0.05, 0) is 62.1 Å². The van der Waals surface area contributed by atoms with Gasteiger partial charge in [0.1, 0.15) is 24.6 Å². The zero-order chi connectivity index (χ0) is 27.5. The van der Waals surface area contributed by atoms with Crippen LogP contribution in [0.25, 0.3) is 11.0 Å². The van der Waals surface area contributed by atoms with Crippen LogP contribution in [0.3, 0.4) is 0 Å². The lowest BCUT2D eigenvalue weighted by molar-refractivity contribution is -0.125. The number of aromatic nitrogens is 4. The molecule has 1 saturated heterocycles. The summed E-state index contributed by atoms with van der Waals surface area (Å²) < 4.78 is 5.54. The smallest absolute Gasteiger partial charge is 0.410 e. The number of nitrogens with zero attached hydrogens (tertiary/aromatic N) is 7. The molecule has 0 unspecified atom stereocenters. The molecule has 1 aromatic carbocycles. The average molecular weight is 532 g/mol. The van der Waals surface area contributed by atoms with Crippen molar-refractivity contribution in [2.24, 2.45) is 0 Å². The van der Waals surface area contributed by atoms with Crippen molar-refractivity contribution in [3.8, 4) is 5.75 Å². The van der Waals surface area contributed by atoms with Gasteiger partial charge in [-0.25, -0.2) is 14.8 Å². The van der Waals surface area contributed by atoms with Crippen LogP contribution < -0.4 is 20.8 Å². The predicted molar refractivity (Wildman–Crippen MR) is 144 cm³/mol. The highest BCUT2D eigenvalue weighted by atomic mass is 16.6. The fourth-order valence-corrected chi connectivity index (χ4v) is 4.55. The van der Waals surface area contributed by atoms with E-state index in [4.69, 9.17) is 10.5 Å². The van der Waals surface area contributed by atoms with Gasteiger partial charge in [-0.15, -0.1) is 5.10 Å². The molecule has 0 saturated carbocycles. The van der Waals surface area contributed by atoms with Crippen molar-refractivity contribution < 1.29 is 19.1 Å². The number of fused-ring (bicyclic) bond motifs is 1. The molecule has 5 rings (SSSR count). The molecular formula is C26H29N9O4. The van der Waals surface area contributed by atoms with Gasteiger partial charge >= 0.3 is 6.09 Å². The summed E-state index contributed by atoms with van der Waals surface area (Å²) in [6, 6.07) is 4.98. The van der Waals surface area contributed by atoms with Crippen molar-refractivity contribution in [3.63, 3.8) is 0 Å². The van der Waals surface area contributed by atoms with Gasteiger partial charge in [0, 0.05) is 31.5 Å². The Kier molecular flexibility index (Phi) is 7.12. The highest BCUT2D eigenvalue weighted by Crippen LogP contribution is 2.26. The minimum Gasteiger partial charge on any atom is -0.410 e. The minimum atomic E-state index is -0.526. The van der Waals surface area contributed by atoms with Crippen LogP contribution in [0.15, 0.2) is 49.5 Å². The molecule has 39 heavy (non-hydrogen) atoms. The Labute approximate surface area is 224 Å². The van der Waals surface area contributed by atoms with E-state index in [9.17, 15) is 14.4 Å². The van der Waals surface area contributed by atoms with Crippen molar-refractivity contribution in [2.45, 2.75) is 26.2 Å². The predicted octanol–water partition coefficient (Wildman–Crippen LogP) is 2.39. The van der Waals surface area contributed by atoms with Gasteiger partial charge in [0.15, 0.2) is 11.3 Å². The number of aryl methyl sites for hydroxylation is 1. The number of carbonyl (C=O) groups is 3. The summed E-state index contributed by atoms with van der Waals surface area (Å²) >= 11 is 0. The first-order valence-corrected chi connectivity index (χ1v) is 12.6. The molecule has 2 aliphatic heterocycles. The van der Waals surface area contributed by atoms with E-state index in [0.717, 1.165) is 19.3 Å². The number of anilines is 2. The van der Waals surface area contributed by atoms with Gasteiger partial charge in [0.2, 0.25) is 5.91 Å². The molecule has 0 radical (unpaired) electrons. The molecule has 1 fully saturated rings. The Bertz CT molecular complexity index is 1480. The first-order chi connectivity index (χ1) is 18.9. The lowest BCUT2D eigenvalue weighted by Crippen LogP contribution is -2.46. The Morgan fingerprint density at radius 3 is 2.67 bits per heavy atom. The number of carbonyl (C=O) groups excluding carboxylic acids is 3. The van der Waals surface area contributed by atoms with Crippen molar-refractivity contribution in [1.29, 1.82) is 0 Å². The van der Waals surface area contributed by atoms with Crippen molar-refractivity contribution >= 4 is 40.4 Å². The second kappa shape index (κ2) is 10.8. The third kappa shape index (κ3) is 5.23. The molecule has 0 spiro atoms. The second-order valence-electron chi connectivity index (χ2n) is 9.27. The third-order valence-corrected chi connectivity index (χ3v) is 6.61. The van der Waals surface area contributed by atoms with Crippen molar-refractivity contribution in [1.82, 2.24) is 29.7 Å². The van der Waals surface area contributed by atoms with E-state index in [2.05, 4.69) is 27.0 Å². The van der Waals surface area contributed by atoms with E-state index in [1.165, 1.54) is 17.2 Å². The lowest BCUT2D eigenvalue weighted by atomic mass is 10.1. The molecule has 13 nitrogen and oxygen atoms in total. The molecule has 0 atom stereocenters.